The molecule has 16 heavy (non-hydrogen) atoms. The Balaban J connectivity index is 2.27. The first kappa shape index (κ1) is 14.0. The first-order valence-corrected chi connectivity index (χ1v) is 7.11. The van der Waals surface area contributed by atoms with Crippen molar-refractivity contribution in [2.75, 3.05) is 0 Å². The lowest BCUT2D eigenvalue weighted by atomic mass is 9.76. The van der Waals surface area contributed by atoms with Crippen LogP contribution in [0.5, 0.6) is 0 Å². The van der Waals surface area contributed by atoms with E-state index in [1.807, 2.05) is 0 Å². The Hall–Kier alpha value is -0.0400. The molecule has 0 amide bonds. The van der Waals surface area contributed by atoms with Crippen LogP contribution in [0.4, 0.5) is 0 Å². The van der Waals surface area contributed by atoms with Gasteiger partial charge in [0.25, 0.3) is 0 Å². The van der Waals surface area contributed by atoms with Crippen molar-refractivity contribution in [1.82, 2.24) is 0 Å². The Morgan fingerprint density at radius 1 is 1.19 bits per heavy atom. The second kappa shape index (κ2) is 6.05. The highest BCUT2D eigenvalue weighted by Crippen LogP contribution is 2.35. The summed E-state index contributed by atoms with van der Waals surface area (Å²) in [4.78, 5) is 0. The van der Waals surface area contributed by atoms with Gasteiger partial charge in [0.15, 0.2) is 0 Å². The lowest BCUT2D eigenvalue weighted by molar-refractivity contribution is 0.0467. The molecule has 1 nitrogen and oxygen atoms in total. The van der Waals surface area contributed by atoms with Crippen LogP contribution in [-0.2, 0) is 0 Å². The highest BCUT2D eigenvalue weighted by atomic mass is 16.3. The van der Waals surface area contributed by atoms with Gasteiger partial charge in [-0.05, 0) is 36.5 Å². The molecule has 96 valence electrons. The fraction of sp³-hybridized carbons (Fsp3) is 1.00. The molecule has 0 aliphatic heterocycles. The number of hydrogen-bond acceptors (Lipinski definition) is 1. The molecule has 0 radical (unpaired) electrons. The van der Waals surface area contributed by atoms with Gasteiger partial charge in [-0.3, -0.25) is 0 Å². The number of aliphatic hydroxyl groups excluding tert-OH is 1. The molecule has 1 aliphatic carbocycles. The van der Waals surface area contributed by atoms with Gasteiger partial charge in [0, 0.05) is 0 Å². The summed E-state index contributed by atoms with van der Waals surface area (Å²) in [5, 5.41) is 10.0. The van der Waals surface area contributed by atoms with Gasteiger partial charge in [-0.15, -0.1) is 0 Å². The van der Waals surface area contributed by atoms with Gasteiger partial charge in [0.2, 0.25) is 0 Å². The summed E-state index contributed by atoms with van der Waals surface area (Å²) in [6.07, 6.45) is 9.09. The molecule has 1 aliphatic rings. The fourth-order valence-electron chi connectivity index (χ4n) is 2.86. The molecule has 1 heteroatoms. The maximum atomic E-state index is 10.0. The van der Waals surface area contributed by atoms with E-state index in [0.717, 1.165) is 18.3 Å². The first-order chi connectivity index (χ1) is 7.43. The van der Waals surface area contributed by atoms with Gasteiger partial charge in [-0.2, -0.15) is 0 Å². The minimum Gasteiger partial charge on any atom is -0.393 e. The van der Waals surface area contributed by atoms with E-state index in [0.29, 0.717) is 0 Å². The third-order valence-electron chi connectivity index (χ3n) is 4.32. The molecule has 0 heterocycles. The van der Waals surface area contributed by atoms with Crippen LogP contribution in [0.15, 0.2) is 0 Å². The van der Waals surface area contributed by atoms with Crippen molar-refractivity contribution < 1.29 is 5.11 Å². The van der Waals surface area contributed by atoms with Crippen LogP contribution in [0.1, 0.15) is 72.6 Å². The SMILES string of the molecule is CCC1CCCC(CCC(O)C(C)(C)C)C1. The highest BCUT2D eigenvalue weighted by molar-refractivity contribution is 4.77. The lowest BCUT2D eigenvalue weighted by Crippen LogP contribution is -2.27. The van der Waals surface area contributed by atoms with E-state index in [2.05, 4.69) is 27.7 Å². The maximum absolute atomic E-state index is 10.0. The number of hydrogen-bond donors (Lipinski definition) is 1. The van der Waals surface area contributed by atoms with Gasteiger partial charge in [-0.1, -0.05) is 53.4 Å². The van der Waals surface area contributed by atoms with Gasteiger partial charge in [-0.25, -0.2) is 0 Å². The summed E-state index contributed by atoms with van der Waals surface area (Å²) in [6, 6.07) is 0. The van der Waals surface area contributed by atoms with Gasteiger partial charge < -0.3 is 5.11 Å². The van der Waals surface area contributed by atoms with Crippen LogP contribution in [0.2, 0.25) is 0 Å². The van der Waals surface area contributed by atoms with E-state index in [1.54, 1.807) is 0 Å². The summed E-state index contributed by atoms with van der Waals surface area (Å²) in [5.41, 5.74) is 0.0544. The quantitative estimate of drug-likeness (QED) is 0.753. The number of rotatable bonds is 4. The predicted molar refractivity (Wildman–Crippen MR) is 70.4 cm³/mol. The zero-order chi connectivity index (χ0) is 12.2. The van der Waals surface area contributed by atoms with E-state index < -0.39 is 0 Å². The monoisotopic (exact) mass is 226 g/mol. The van der Waals surface area contributed by atoms with E-state index in [4.69, 9.17) is 0 Å². The van der Waals surface area contributed by atoms with Gasteiger partial charge >= 0.3 is 0 Å². The second-order valence-corrected chi connectivity index (χ2v) is 6.77. The zero-order valence-electron chi connectivity index (χ0n) is 11.6. The second-order valence-electron chi connectivity index (χ2n) is 6.77. The first-order valence-electron chi connectivity index (χ1n) is 7.11. The zero-order valence-corrected chi connectivity index (χ0v) is 11.6. The lowest BCUT2D eigenvalue weighted by Gasteiger charge is -2.31. The average molecular weight is 226 g/mol. The van der Waals surface area contributed by atoms with Crippen LogP contribution in [0, 0.1) is 17.3 Å². The molecule has 0 bridgehead atoms. The topological polar surface area (TPSA) is 20.2 Å². The molecular weight excluding hydrogens is 196 g/mol. The molecule has 0 spiro atoms. The molecule has 0 aromatic heterocycles. The highest BCUT2D eigenvalue weighted by Gasteiger charge is 2.25. The Morgan fingerprint density at radius 2 is 1.81 bits per heavy atom. The van der Waals surface area contributed by atoms with Crippen LogP contribution >= 0.6 is 0 Å². The van der Waals surface area contributed by atoms with Crippen LogP contribution in [0.25, 0.3) is 0 Å². The maximum Gasteiger partial charge on any atom is 0.0588 e. The number of aliphatic hydroxyl groups is 1. The molecule has 1 rings (SSSR count). The summed E-state index contributed by atoms with van der Waals surface area (Å²) in [7, 11) is 0. The van der Waals surface area contributed by atoms with Crippen LogP contribution < -0.4 is 0 Å². The van der Waals surface area contributed by atoms with Crippen molar-refractivity contribution >= 4 is 0 Å². The van der Waals surface area contributed by atoms with E-state index in [-0.39, 0.29) is 11.5 Å². The van der Waals surface area contributed by atoms with Crippen LogP contribution in [-0.4, -0.2) is 11.2 Å². The minimum absolute atomic E-state index is 0.0544. The Morgan fingerprint density at radius 3 is 2.38 bits per heavy atom. The van der Waals surface area contributed by atoms with Crippen molar-refractivity contribution in [2.24, 2.45) is 17.3 Å². The average Bonchev–Trinajstić information content (AvgIpc) is 2.25. The molecule has 1 saturated carbocycles. The predicted octanol–water partition coefficient (Wildman–Crippen LogP) is 4.39. The fourth-order valence-corrected chi connectivity index (χ4v) is 2.86. The standard InChI is InChI=1S/C15H30O/c1-5-12-7-6-8-13(11-12)9-10-14(16)15(2,3)4/h12-14,16H,5-11H2,1-4H3. The Labute approximate surface area is 102 Å². The van der Waals surface area contributed by atoms with E-state index in [9.17, 15) is 5.11 Å². The molecule has 1 fully saturated rings. The minimum atomic E-state index is -0.130. The third-order valence-corrected chi connectivity index (χ3v) is 4.32. The van der Waals surface area contributed by atoms with E-state index >= 15 is 0 Å². The molecule has 0 aromatic rings. The van der Waals surface area contributed by atoms with Crippen molar-refractivity contribution in [3.05, 3.63) is 0 Å². The molecular formula is C15H30O. The molecule has 3 unspecified atom stereocenters. The van der Waals surface area contributed by atoms with Gasteiger partial charge in [0.1, 0.15) is 0 Å². The van der Waals surface area contributed by atoms with Crippen LogP contribution in [0.3, 0.4) is 0 Å². The summed E-state index contributed by atoms with van der Waals surface area (Å²) in [5.74, 6) is 1.85. The third kappa shape index (κ3) is 4.45. The normalized spacial score (nSPS) is 29.1. The van der Waals surface area contributed by atoms with Crippen molar-refractivity contribution in [1.29, 1.82) is 0 Å². The smallest absolute Gasteiger partial charge is 0.0588 e. The van der Waals surface area contributed by atoms with E-state index in [1.165, 1.54) is 38.5 Å². The molecule has 1 N–H and O–H groups in total. The van der Waals surface area contributed by atoms with Gasteiger partial charge in [0.05, 0.1) is 6.10 Å². The van der Waals surface area contributed by atoms with Crippen molar-refractivity contribution in [3.63, 3.8) is 0 Å². The van der Waals surface area contributed by atoms with Crippen molar-refractivity contribution in [3.8, 4) is 0 Å². The Kier molecular flexibility index (Phi) is 5.30. The Bertz CT molecular complexity index is 192. The summed E-state index contributed by atoms with van der Waals surface area (Å²) >= 11 is 0. The molecule has 0 saturated heterocycles. The summed E-state index contributed by atoms with van der Waals surface area (Å²) in [6.45, 7) is 8.71. The van der Waals surface area contributed by atoms with Crippen molar-refractivity contribution in [2.45, 2.75) is 78.7 Å². The molecule has 3 atom stereocenters. The largest absolute Gasteiger partial charge is 0.393 e. The molecule has 0 aromatic carbocycles. The summed E-state index contributed by atoms with van der Waals surface area (Å²) < 4.78 is 0.